The molecule has 2 rings (SSSR count). The van der Waals surface area contributed by atoms with Gasteiger partial charge in [0.25, 0.3) is 0 Å². The zero-order valence-electron chi connectivity index (χ0n) is 12.6. The second-order valence-electron chi connectivity index (χ2n) is 6.23. The fourth-order valence-electron chi connectivity index (χ4n) is 2.38. The Kier molecular flexibility index (Phi) is 4.78. The maximum absolute atomic E-state index is 12.1. The third kappa shape index (κ3) is 4.05. The van der Waals surface area contributed by atoms with E-state index in [2.05, 4.69) is 27.2 Å². The molecule has 20 heavy (non-hydrogen) atoms. The molecule has 0 N–H and O–H groups in total. The summed E-state index contributed by atoms with van der Waals surface area (Å²) in [6.07, 6.45) is 1.18. The fourth-order valence-corrected chi connectivity index (χ4v) is 2.38. The number of rotatable bonds is 5. The third-order valence-electron chi connectivity index (χ3n) is 3.43. The van der Waals surface area contributed by atoms with E-state index in [4.69, 9.17) is 9.47 Å². The molecular weight excluding hydrogens is 254 g/mol. The van der Waals surface area contributed by atoms with E-state index in [9.17, 15) is 4.79 Å². The van der Waals surface area contributed by atoms with E-state index >= 15 is 0 Å². The number of carbonyl (C=O) groups excluding carboxylic acids is 1. The quantitative estimate of drug-likeness (QED) is 0.469. The lowest BCUT2D eigenvalue weighted by atomic mass is 9.98. The van der Waals surface area contributed by atoms with Crippen LogP contribution >= 0.6 is 0 Å². The Hall–Kier alpha value is -1.39. The highest BCUT2D eigenvalue weighted by molar-refractivity contribution is 5.77. The summed E-state index contributed by atoms with van der Waals surface area (Å²) in [5.41, 5.74) is 2.14. The van der Waals surface area contributed by atoms with E-state index < -0.39 is 6.10 Å². The topological polar surface area (TPSA) is 35.5 Å². The van der Waals surface area contributed by atoms with Crippen LogP contribution in [-0.4, -0.2) is 51.4 Å². The van der Waals surface area contributed by atoms with Crippen LogP contribution < -0.4 is 0 Å². The summed E-state index contributed by atoms with van der Waals surface area (Å²) < 4.78 is 11.8. The molecule has 0 fully saturated rings. The maximum atomic E-state index is 12.1. The second-order valence-corrected chi connectivity index (χ2v) is 6.23. The van der Waals surface area contributed by atoms with Crippen LogP contribution in [0.4, 0.5) is 0 Å². The van der Waals surface area contributed by atoms with Gasteiger partial charge in [0.2, 0.25) is 0 Å². The molecule has 1 aliphatic heterocycles. The SMILES string of the molecule is C[N+](C)(C)CCCOC(=O)[C@@H]1OCCc2ccccc21. The molecule has 0 aliphatic carbocycles. The summed E-state index contributed by atoms with van der Waals surface area (Å²) >= 11 is 0. The minimum atomic E-state index is -0.552. The predicted octanol–water partition coefficient (Wildman–Crippen LogP) is 1.94. The normalized spacial score (nSPS) is 18.4. The van der Waals surface area contributed by atoms with Crippen LogP contribution in [0, 0.1) is 0 Å². The predicted molar refractivity (Wildman–Crippen MR) is 77.3 cm³/mol. The average molecular weight is 278 g/mol. The summed E-state index contributed by atoms with van der Waals surface area (Å²) in [5, 5.41) is 0. The van der Waals surface area contributed by atoms with Crippen molar-refractivity contribution in [2.75, 3.05) is 40.9 Å². The number of nitrogens with zero attached hydrogens (tertiary/aromatic N) is 1. The molecule has 0 radical (unpaired) electrons. The lowest BCUT2D eigenvalue weighted by Crippen LogP contribution is -2.36. The Morgan fingerprint density at radius 1 is 1.35 bits per heavy atom. The first-order chi connectivity index (χ1) is 9.47. The molecule has 1 atom stereocenters. The molecular formula is C16H24NO3+. The van der Waals surface area contributed by atoms with Gasteiger partial charge >= 0.3 is 5.97 Å². The largest absolute Gasteiger partial charge is 0.463 e. The monoisotopic (exact) mass is 278 g/mol. The van der Waals surface area contributed by atoms with E-state index in [1.54, 1.807) is 0 Å². The van der Waals surface area contributed by atoms with E-state index in [0.717, 1.165) is 29.4 Å². The molecule has 0 unspecified atom stereocenters. The van der Waals surface area contributed by atoms with Gasteiger partial charge in [0.05, 0.1) is 40.9 Å². The van der Waals surface area contributed by atoms with Crippen molar-refractivity contribution in [1.29, 1.82) is 0 Å². The number of fused-ring (bicyclic) bond motifs is 1. The molecule has 0 spiro atoms. The maximum Gasteiger partial charge on any atom is 0.339 e. The molecule has 0 amide bonds. The summed E-state index contributed by atoms with van der Waals surface area (Å²) in [6, 6.07) is 7.93. The van der Waals surface area contributed by atoms with Crippen molar-refractivity contribution in [2.24, 2.45) is 0 Å². The summed E-state index contributed by atoms with van der Waals surface area (Å²) in [7, 11) is 6.38. The summed E-state index contributed by atoms with van der Waals surface area (Å²) in [5.74, 6) is -0.265. The number of ether oxygens (including phenoxy) is 2. The van der Waals surface area contributed by atoms with Gasteiger partial charge in [-0.15, -0.1) is 0 Å². The second kappa shape index (κ2) is 6.37. The van der Waals surface area contributed by atoms with E-state index in [-0.39, 0.29) is 5.97 Å². The van der Waals surface area contributed by atoms with Gasteiger partial charge in [-0.25, -0.2) is 4.79 Å². The number of hydrogen-bond donors (Lipinski definition) is 0. The lowest BCUT2D eigenvalue weighted by Gasteiger charge is -2.25. The number of benzene rings is 1. The number of hydrogen-bond acceptors (Lipinski definition) is 3. The van der Waals surface area contributed by atoms with Crippen LogP contribution in [0.3, 0.4) is 0 Å². The van der Waals surface area contributed by atoms with Crippen molar-refractivity contribution in [3.8, 4) is 0 Å². The highest BCUT2D eigenvalue weighted by Gasteiger charge is 2.28. The van der Waals surface area contributed by atoms with Crippen molar-refractivity contribution in [1.82, 2.24) is 0 Å². The van der Waals surface area contributed by atoms with E-state index in [1.165, 1.54) is 5.56 Å². The van der Waals surface area contributed by atoms with E-state index in [1.807, 2.05) is 18.2 Å². The first-order valence-electron chi connectivity index (χ1n) is 7.14. The summed E-state index contributed by atoms with van der Waals surface area (Å²) in [4.78, 5) is 12.1. The van der Waals surface area contributed by atoms with Crippen molar-refractivity contribution in [3.05, 3.63) is 35.4 Å². The van der Waals surface area contributed by atoms with Gasteiger partial charge in [0.15, 0.2) is 6.10 Å². The Morgan fingerprint density at radius 3 is 2.85 bits per heavy atom. The van der Waals surface area contributed by atoms with Gasteiger partial charge in [-0.1, -0.05) is 24.3 Å². The van der Waals surface area contributed by atoms with Crippen LogP contribution in [0.5, 0.6) is 0 Å². The van der Waals surface area contributed by atoms with Crippen LogP contribution in [0.1, 0.15) is 23.7 Å². The van der Waals surface area contributed by atoms with Crippen LogP contribution in [0.25, 0.3) is 0 Å². The zero-order chi connectivity index (χ0) is 14.6. The molecule has 0 bridgehead atoms. The molecule has 1 aliphatic rings. The summed E-state index contributed by atoms with van der Waals surface area (Å²) in [6.45, 7) is 2.02. The van der Waals surface area contributed by atoms with Crippen molar-refractivity contribution in [2.45, 2.75) is 18.9 Å². The van der Waals surface area contributed by atoms with Crippen molar-refractivity contribution in [3.63, 3.8) is 0 Å². The van der Waals surface area contributed by atoms with Crippen molar-refractivity contribution < 1.29 is 18.8 Å². The molecule has 1 aromatic rings. The van der Waals surface area contributed by atoms with Gasteiger partial charge in [-0.3, -0.25) is 0 Å². The molecule has 4 heteroatoms. The number of quaternary nitrogens is 1. The highest BCUT2D eigenvalue weighted by atomic mass is 16.6. The fraction of sp³-hybridized carbons (Fsp3) is 0.562. The standard InChI is InChI=1S/C16H24NO3/c1-17(2,3)10-6-11-20-16(18)15-14-8-5-4-7-13(14)9-12-19-15/h4-5,7-8,15H,6,9-12H2,1-3H3/q+1/t15-/m1/s1. The molecule has 0 saturated heterocycles. The molecule has 0 aromatic heterocycles. The zero-order valence-corrected chi connectivity index (χ0v) is 12.6. The minimum Gasteiger partial charge on any atom is -0.463 e. The number of carbonyl (C=O) groups is 1. The van der Waals surface area contributed by atoms with Gasteiger partial charge in [-0.05, 0) is 17.5 Å². The van der Waals surface area contributed by atoms with Crippen LogP contribution in [-0.2, 0) is 20.7 Å². The minimum absolute atomic E-state index is 0.265. The third-order valence-corrected chi connectivity index (χ3v) is 3.43. The number of esters is 1. The first-order valence-corrected chi connectivity index (χ1v) is 7.14. The molecule has 1 heterocycles. The van der Waals surface area contributed by atoms with Gasteiger partial charge in [0.1, 0.15) is 0 Å². The smallest absolute Gasteiger partial charge is 0.339 e. The molecule has 110 valence electrons. The Labute approximate surface area is 120 Å². The average Bonchev–Trinajstić information content (AvgIpc) is 2.41. The Bertz CT molecular complexity index is 465. The lowest BCUT2D eigenvalue weighted by molar-refractivity contribution is -0.870. The molecule has 1 aromatic carbocycles. The van der Waals surface area contributed by atoms with Gasteiger partial charge in [-0.2, -0.15) is 0 Å². The Morgan fingerprint density at radius 2 is 2.10 bits per heavy atom. The molecule has 0 saturated carbocycles. The van der Waals surface area contributed by atoms with Gasteiger partial charge in [0, 0.05) is 6.42 Å². The van der Waals surface area contributed by atoms with E-state index in [0.29, 0.717) is 13.2 Å². The first kappa shape index (κ1) is 15.0. The Balaban J connectivity index is 1.88. The van der Waals surface area contributed by atoms with Crippen LogP contribution in [0.15, 0.2) is 24.3 Å². The molecule has 4 nitrogen and oxygen atoms in total. The van der Waals surface area contributed by atoms with Crippen LogP contribution in [0.2, 0.25) is 0 Å². The van der Waals surface area contributed by atoms with Gasteiger partial charge < -0.3 is 14.0 Å². The highest BCUT2D eigenvalue weighted by Crippen LogP contribution is 2.27. The van der Waals surface area contributed by atoms with Crippen molar-refractivity contribution >= 4 is 5.97 Å².